The van der Waals surface area contributed by atoms with Crippen LogP contribution in [0.15, 0.2) is 40.8 Å². The fraction of sp³-hybridized carbons (Fsp3) is 0.188. The Morgan fingerprint density at radius 1 is 1.15 bits per heavy atom. The highest BCUT2D eigenvalue weighted by Crippen LogP contribution is 2.32. The SMILES string of the molecule is CC(C)c1ccc2oc(-c3cc(N)ccc3Cl)nc2c1. The molecule has 0 saturated carbocycles. The van der Waals surface area contributed by atoms with Crippen molar-refractivity contribution in [3.05, 3.63) is 47.0 Å². The molecular formula is C16H15ClN2O. The molecule has 0 saturated heterocycles. The molecule has 0 spiro atoms. The van der Waals surface area contributed by atoms with E-state index in [1.165, 1.54) is 5.56 Å². The number of benzene rings is 2. The first-order chi connectivity index (χ1) is 9.54. The zero-order valence-electron chi connectivity index (χ0n) is 11.4. The highest BCUT2D eigenvalue weighted by molar-refractivity contribution is 6.33. The molecule has 20 heavy (non-hydrogen) atoms. The van der Waals surface area contributed by atoms with Crippen LogP contribution >= 0.6 is 11.6 Å². The van der Waals surface area contributed by atoms with Gasteiger partial charge in [-0.2, -0.15) is 0 Å². The number of fused-ring (bicyclic) bond motifs is 1. The second-order valence-corrected chi connectivity index (χ2v) is 5.55. The number of nitrogen functional groups attached to an aromatic ring is 1. The van der Waals surface area contributed by atoms with Gasteiger partial charge in [-0.25, -0.2) is 4.98 Å². The average Bonchev–Trinajstić information content (AvgIpc) is 2.83. The normalized spacial score (nSPS) is 11.4. The van der Waals surface area contributed by atoms with E-state index in [9.17, 15) is 0 Å². The standard InChI is InChI=1S/C16H15ClN2O/c1-9(2)10-3-6-15-14(7-10)19-16(20-15)12-8-11(18)4-5-13(12)17/h3-9H,18H2,1-2H3. The van der Waals surface area contributed by atoms with E-state index in [1.54, 1.807) is 18.2 Å². The summed E-state index contributed by atoms with van der Waals surface area (Å²) < 4.78 is 5.77. The summed E-state index contributed by atoms with van der Waals surface area (Å²) in [4.78, 5) is 4.52. The predicted octanol–water partition coefficient (Wildman–Crippen LogP) is 4.85. The topological polar surface area (TPSA) is 52.0 Å². The third-order valence-electron chi connectivity index (χ3n) is 3.30. The molecule has 0 bridgehead atoms. The number of rotatable bonds is 2. The molecule has 0 unspecified atom stereocenters. The average molecular weight is 287 g/mol. The van der Waals surface area contributed by atoms with Crippen molar-refractivity contribution in [3.63, 3.8) is 0 Å². The first-order valence-corrected chi connectivity index (χ1v) is 6.88. The molecule has 0 atom stereocenters. The lowest BCUT2D eigenvalue weighted by atomic mass is 10.0. The van der Waals surface area contributed by atoms with Gasteiger partial charge in [0.1, 0.15) is 5.52 Å². The Balaban J connectivity index is 2.15. The number of halogens is 1. The molecule has 3 aromatic rings. The van der Waals surface area contributed by atoms with Crippen LogP contribution in [0, 0.1) is 0 Å². The third-order valence-corrected chi connectivity index (χ3v) is 3.63. The van der Waals surface area contributed by atoms with Crippen LogP contribution in [0.3, 0.4) is 0 Å². The largest absolute Gasteiger partial charge is 0.436 e. The summed E-state index contributed by atoms with van der Waals surface area (Å²) in [5.41, 5.74) is 9.97. The van der Waals surface area contributed by atoms with Crippen LogP contribution in [-0.2, 0) is 0 Å². The van der Waals surface area contributed by atoms with E-state index in [0.29, 0.717) is 28.1 Å². The van der Waals surface area contributed by atoms with Gasteiger partial charge in [-0.15, -0.1) is 0 Å². The Bertz CT molecular complexity index is 777. The summed E-state index contributed by atoms with van der Waals surface area (Å²) in [5, 5.41) is 0.579. The first kappa shape index (κ1) is 13.0. The third kappa shape index (κ3) is 2.25. The van der Waals surface area contributed by atoms with Gasteiger partial charge in [0.15, 0.2) is 5.58 Å². The van der Waals surface area contributed by atoms with Gasteiger partial charge in [0, 0.05) is 5.69 Å². The Labute approximate surface area is 122 Å². The van der Waals surface area contributed by atoms with Crippen molar-refractivity contribution in [2.24, 2.45) is 0 Å². The molecule has 4 heteroatoms. The molecule has 0 aliphatic heterocycles. The molecule has 3 nitrogen and oxygen atoms in total. The zero-order chi connectivity index (χ0) is 14.3. The summed E-state index contributed by atoms with van der Waals surface area (Å²) in [6.07, 6.45) is 0. The number of anilines is 1. The first-order valence-electron chi connectivity index (χ1n) is 6.50. The minimum atomic E-state index is 0.454. The van der Waals surface area contributed by atoms with Crippen molar-refractivity contribution in [1.29, 1.82) is 0 Å². The maximum Gasteiger partial charge on any atom is 0.228 e. The summed E-state index contributed by atoms with van der Waals surface area (Å²) in [7, 11) is 0. The molecule has 2 aromatic carbocycles. The van der Waals surface area contributed by atoms with Gasteiger partial charge in [0.05, 0.1) is 10.6 Å². The molecule has 0 fully saturated rings. The van der Waals surface area contributed by atoms with Crippen LogP contribution in [0.4, 0.5) is 5.69 Å². The molecule has 1 heterocycles. The molecule has 2 N–H and O–H groups in total. The van der Waals surface area contributed by atoms with Gasteiger partial charge in [0.2, 0.25) is 5.89 Å². The van der Waals surface area contributed by atoms with Crippen LogP contribution < -0.4 is 5.73 Å². The molecule has 0 aliphatic rings. The summed E-state index contributed by atoms with van der Waals surface area (Å²) in [6.45, 7) is 4.30. The van der Waals surface area contributed by atoms with Crippen LogP contribution in [-0.4, -0.2) is 4.98 Å². The van der Waals surface area contributed by atoms with Crippen LogP contribution in [0.25, 0.3) is 22.6 Å². The summed E-state index contributed by atoms with van der Waals surface area (Å²) in [5.74, 6) is 0.953. The van der Waals surface area contributed by atoms with Crippen molar-refractivity contribution in [2.45, 2.75) is 19.8 Å². The van der Waals surface area contributed by atoms with E-state index in [0.717, 1.165) is 11.1 Å². The number of aromatic nitrogens is 1. The van der Waals surface area contributed by atoms with Crippen molar-refractivity contribution in [2.75, 3.05) is 5.73 Å². The highest BCUT2D eigenvalue weighted by atomic mass is 35.5. The summed E-state index contributed by atoms with van der Waals surface area (Å²) >= 11 is 6.18. The van der Waals surface area contributed by atoms with E-state index < -0.39 is 0 Å². The van der Waals surface area contributed by atoms with Crippen LogP contribution in [0.5, 0.6) is 0 Å². The van der Waals surface area contributed by atoms with E-state index >= 15 is 0 Å². The van der Waals surface area contributed by atoms with Gasteiger partial charge in [0.25, 0.3) is 0 Å². The van der Waals surface area contributed by atoms with Crippen LogP contribution in [0.2, 0.25) is 5.02 Å². The zero-order valence-corrected chi connectivity index (χ0v) is 12.1. The highest BCUT2D eigenvalue weighted by Gasteiger charge is 2.13. The minimum Gasteiger partial charge on any atom is -0.436 e. The molecule has 1 aromatic heterocycles. The fourth-order valence-corrected chi connectivity index (χ4v) is 2.32. The lowest BCUT2D eigenvalue weighted by Gasteiger charge is -2.02. The molecule has 0 radical (unpaired) electrons. The number of oxazole rings is 1. The Morgan fingerprint density at radius 2 is 1.95 bits per heavy atom. The van der Waals surface area contributed by atoms with Crippen molar-refractivity contribution < 1.29 is 4.42 Å². The van der Waals surface area contributed by atoms with E-state index in [-0.39, 0.29) is 0 Å². The van der Waals surface area contributed by atoms with Crippen molar-refractivity contribution in [1.82, 2.24) is 4.98 Å². The number of hydrogen-bond acceptors (Lipinski definition) is 3. The lowest BCUT2D eigenvalue weighted by Crippen LogP contribution is -1.87. The smallest absolute Gasteiger partial charge is 0.228 e. The number of hydrogen-bond donors (Lipinski definition) is 1. The molecule has 102 valence electrons. The van der Waals surface area contributed by atoms with E-state index in [2.05, 4.69) is 24.9 Å². The predicted molar refractivity (Wildman–Crippen MR) is 83.0 cm³/mol. The van der Waals surface area contributed by atoms with E-state index in [4.69, 9.17) is 21.8 Å². The second kappa shape index (κ2) is 4.84. The van der Waals surface area contributed by atoms with Gasteiger partial charge in [-0.3, -0.25) is 0 Å². The van der Waals surface area contributed by atoms with Gasteiger partial charge < -0.3 is 10.2 Å². The molecule has 3 rings (SSSR count). The molecule has 0 amide bonds. The van der Waals surface area contributed by atoms with Gasteiger partial charge >= 0.3 is 0 Å². The van der Waals surface area contributed by atoms with Gasteiger partial charge in [-0.05, 0) is 41.8 Å². The number of nitrogens with zero attached hydrogens (tertiary/aromatic N) is 1. The Hall–Kier alpha value is -2.00. The molecule has 0 aliphatic carbocycles. The maximum absolute atomic E-state index is 6.18. The van der Waals surface area contributed by atoms with Crippen LogP contribution in [0.1, 0.15) is 25.3 Å². The summed E-state index contributed by atoms with van der Waals surface area (Å²) in [6, 6.07) is 11.3. The quantitative estimate of drug-likeness (QED) is 0.685. The van der Waals surface area contributed by atoms with Gasteiger partial charge in [-0.1, -0.05) is 31.5 Å². The minimum absolute atomic E-state index is 0.454. The second-order valence-electron chi connectivity index (χ2n) is 5.14. The fourth-order valence-electron chi connectivity index (χ4n) is 2.13. The lowest BCUT2D eigenvalue weighted by molar-refractivity contribution is 0.620. The Kier molecular flexibility index (Phi) is 3.14. The van der Waals surface area contributed by atoms with E-state index in [1.807, 2.05) is 12.1 Å². The van der Waals surface area contributed by atoms with Crippen molar-refractivity contribution >= 4 is 28.4 Å². The Morgan fingerprint density at radius 3 is 2.70 bits per heavy atom. The maximum atomic E-state index is 6.18. The molecular weight excluding hydrogens is 272 g/mol. The van der Waals surface area contributed by atoms with Crippen molar-refractivity contribution in [3.8, 4) is 11.5 Å². The monoisotopic (exact) mass is 286 g/mol. The number of nitrogens with two attached hydrogens (primary N) is 1.